The van der Waals surface area contributed by atoms with Crippen LogP contribution in [0.1, 0.15) is 26.3 Å². The van der Waals surface area contributed by atoms with Crippen LogP contribution in [0.4, 0.5) is 0 Å². The molecule has 0 aliphatic heterocycles. The quantitative estimate of drug-likeness (QED) is 0.908. The fourth-order valence-electron chi connectivity index (χ4n) is 1.80. The molecule has 1 N–H and O–H groups in total. The van der Waals surface area contributed by atoms with Gasteiger partial charge in [0, 0.05) is 29.9 Å². The van der Waals surface area contributed by atoms with Crippen molar-refractivity contribution in [2.24, 2.45) is 0 Å². The van der Waals surface area contributed by atoms with Gasteiger partial charge in [-0.15, -0.1) is 0 Å². The molecule has 21 heavy (non-hydrogen) atoms. The average Bonchev–Trinajstić information content (AvgIpc) is 2.46. The minimum absolute atomic E-state index is 0.0521. The van der Waals surface area contributed by atoms with E-state index in [0.717, 1.165) is 29.4 Å². The minimum atomic E-state index is 0.0521. The SMILES string of the molecule is COc1cccc(Oc2cnccc2CNC(C)(C)C)c1. The fraction of sp³-hybridized carbons (Fsp3) is 0.353. The highest BCUT2D eigenvalue weighted by Gasteiger charge is 2.11. The highest BCUT2D eigenvalue weighted by molar-refractivity contribution is 5.39. The number of nitrogens with one attached hydrogen (secondary N) is 1. The molecule has 0 atom stereocenters. The molecule has 4 heteroatoms. The molecule has 0 aliphatic rings. The van der Waals surface area contributed by atoms with Crippen LogP contribution in [0.25, 0.3) is 0 Å². The molecule has 2 rings (SSSR count). The van der Waals surface area contributed by atoms with Gasteiger partial charge in [-0.05, 0) is 39.0 Å². The topological polar surface area (TPSA) is 43.4 Å². The lowest BCUT2D eigenvalue weighted by Gasteiger charge is -2.21. The monoisotopic (exact) mass is 286 g/mol. The smallest absolute Gasteiger partial charge is 0.150 e. The molecule has 0 bridgehead atoms. The number of hydrogen-bond donors (Lipinski definition) is 1. The lowest BCUT2D eigenvalue weighted by molar-refractivity contribution is 0.404. The second kappa shape index (κ2) is 6.59. The molecule has 0 fully saturated rings. The molecule has 0 amide bonds. The molecule has 2 aromatic rings. The fourth-order valence-corrected chi connectivity index (χ4v) is 1.80. The van der Waals surface area contributed by atoms with Crippen molar-refractivity contribution in [1.29, 1.82) is 0 Å². The van der Waals surface area contributed by atoms with Crippen molar-refractivity contribution in [3.8, 4) is 17.2 Å². The number of ether oxygens (including phenoxy) is 2. The van der Waals surface area contributed by atoms with Gasteiger partial charge in [0.25, 0.3) is 0 Å². The van der Waals surface area contributed by atoms with E-state index in [9.17, 15) is 0 Å². The van der Waals surface area contributed by atoms with Gasteiger partial charge in [0.15, 0.2) is 0 Å². The summed E-state index contributed by atoms with van der Waals surface area (Å²) < 4.78 is 11.1. The molecule has 0 saturated heterocycles. The zero-order chi connectivity index (χ0) is 15.3. The standard InChI is InChI=1S/C17H22N2O2/c1-17(2,3)19-11-13-8-9-18-12-16(13)21-15-7-5-6-14(10-15)20-4/h5-10,12,19H,11H2,1-4H3. The molecule has 1 heterocycles. The maximum absolute atomic E-state index is 5.93. The Labute approximate surface area is 126 Å². The highest BCUT2D eigenvalue weighted by atomic mass is 16.5. The zero-order valence-electron chi connectivity index (χ0n) is 13.0. The van der Waals surface area contributed by atoms with Crippen LogP contribution in [0.3, 0.4) is 0 Å². The first-order chi connectivity index (χ1) is 9.98. The van der Waals surface area contributed by atoms with E-state index < -0.39 is 0 Å². The van der Waals surface area contributed by atoms with Crippen LogP contribution in [0.2, 0.25) is 0 Å². The van der Waals surface area contributed by atoms with Gasteiger partial charge in [-0.25, -0.2) is 0 Å². The van der Waals surface area contributed by atoms with Crippen LogP contribution in [-0.2, 0) is 6.54 Å². The highest BCUT2D eigenvalue weighted by Crippen LogP contribution is 2.27. The van der Waals surface area contributed by atoms with Crippen LogP contribution >= 0.6 is 0 Å². The van der Waals surface area contributed by atoms with Crippen LogP contribution in [0.15, 0.2) is 42.7 Å². The molecule has 1 aromatic carbocycles. The van der Waals surface area contributed by atoms with Crippen LogP contribution in [0.5, 0.6) is 17.2 Å². The van der Waals surface area contributed by atoms with E-state index >= 15 is 0 Å². The van der Waals surface area contributed by atoms with Gasteiger partial charge in [-0.2, -0.15) is 0 Å². The van der Waals surface area contributed by atoms with Gasteiger partial charge in [0.1, 0.15) is 17.2 Å². The summed E-state index contributed by atoms with van der Waals surface area (Å²) in [5, 5.41) is 3.45. The van der Waals surface area contributed by atoms with Crippen molar-refractivity contribution >= 4 is 0 Å². The number of aromatic nitrogens is 1. The maximum Gasteiger partial charge on any atom is 0.150 e. The molecular formula is C17H22N2O2. The molecule has 0 spiro atoms. The lowest BCUT2D eigenvalue weighted by atomic mass is 10.1. The van der Waals surface area contributed by atoms with Crippen LogP contribution in [-0.4, -0.2) is 17.6 Å². The minimum Gasteiger partial charge on any atom is -0.497 e. The van der Waals surface area contributed by atoms with Gasteiger partial charge in [-0.3, -0.25) is 4.98 Å². The van der Waals surface area contributed by atoms with Crippen molar-refractivity contribution < 1.29 is 9.47 Å². The summed E-state index contributed by atoms with van der Waals surface area (Å²) in [6.45, 7) is 7.13. The molecule has 0 saturated carbocycles. The third kappa shape index (κ3) is 4.76. The molecule has 0 unspecified atom stereocenters. The van der Waals surface area contributed by atoms with Crippen molar-refractivity contribution in [1.82, 2.24) is 10.3 Å². The summed E-state index contributed by atoms with van der Waals surface area (Å²) in [6, 6.07) is 9.51. The van der Waals surface area contributed by atoms with Crippen LogP contribution in [0, 0.1) is 0 Å². The largest absolute Gasteiger partial charge is 0.497 e. The van der Waals surface area contributed by atoms with E-state index in [1.54, 1.807) is 19.5 Å². The van der Waals surface area contributed by atoms with E-state index in [1.807, 2.05) is 30.3 Å². The Morgan fingerprint density at radius 3 is 2.62 bits per heavy atom. The van der Waals surface area contributed by atoms with Crippen molar-refractivity contribution in [3.05, 3.63) is 48.3 Å². The Bertz CT molecular complexity index is 591. The molecule has 112 valence electrons. The molecule has 1 aromatic heterocycles. The van der Waals surface area contributed by atoms with Gasteiger partial charge in [0.05, 0.1) is 13.3 Å². The van der Waals surface area contributed by atoms with E-state index in [1.165, 1.54) is 0 Å². The van der Waals surface area contributed by atoms with Crippen LogP contribution < -0.4 is 14.8 Å². The molecule has 4 nitrogen and oxygen atoms in total. The van der Waals surface area contributed by atoms with Crippen molar-refractivity contribution in [3.63, 3.8) is 0 Å². The second-order valence-corrected chi connectivity index (χ2v) is 5.87. The summed E-state index contributed by atoms with van der Waals surface area (Å²) in [6.07, 6.45) is 3.51. The van der Waals surface area contributed by atoms with E-state index in [-0.39, 0.29) is 5.54 Å². The lowest BCUT2D eigenvalue weighted by Crippen LogP contribution is -2.35. The molecule has 0 radical (unpaired) electrons. The number of hydrogen-bond acceptors (Lipinski definition) is 4. The Morgan fingerprint density at radius 2 is 1.90 bits per heavy atom. The average molecular weight is 286 g/mol. The van der Waals surface area contributed by atoms with Gasteiger partial charge < -0.3 is 14.8 Å². The first-order valence-corrected chi connectivity index (χ1v) is 6.98. The number of benzene rings is 1. The van der Waals surface area contributed by atoms with E-state index in [2.05, 4.69) is 31.1 Å². The van der Waals surface area contributed by atoms with Gasteiger partial charge in [0.2, 0.25) is 0 Å². The summed E-state index contributed by atoms with van der Waals surface area (Å²) >= 11 is 0. The molecular weight excluding hydrogens is 264 g/mol. The Hall–Kier alpha value is -2.07. The first-order valence-electron chi connectivity index (χ1n) is 6.98. The van der Waals surface area contributed by atoms with Crippen molar-refractivity contribution in [2.75, 3.05) is 7.11 Å². The third-order valence-electron chi connectivity index (χ3n) is 2.95. The normalized spacial score (nSPS) is 11.2. The van der Waals surface area contributed by atoms with Gasteiger partial charge >= 0.3 is 0 Å². The second-order valence-electron chi connectivity index (χ2n) is 5.87. The summed E-state index contributed by atoms with van der Waals surface area (Å²) in [4.78, 5) is 4.14. The predicted molar refractivity (Wildman–Crippen MR) is 83.9 cm³/mol. The van der Waals surface area contributed by atoms with Crippen molar-refractivity contribution in [2.45, 2.75) is 32.9 Å². The zero-order valence-corrected chi connectivity index (χ0v) is 13.0. The number of methoxy groups -OCH3 is 1. The molecule has 0 aliphatic carbocycles. The maximum atomic E-state index is 5.93. The number of rotatable bonds is 5. The Morgan fingerprint density at radius 1 is 1.14 bits per heavy atom. The van der Waals surface area contributed by atoms with E-state index in [0.29, 0.717) is 0 Å². The third-order valence-corrected chi connectivity index (χ3v) is 2.95. The number of nitrogens with zero attached hydrogens (tertiary/aromatic N) is 1. The number of pyridine rings is 1. The Kier molecular flexibility index (Phi) is 4.81. The Balaban J connectivity index is 2.15. The first kappa shape index (κ1) is 15.3. The summed E-state index contributed by atoms with van der Waals surface area (Å²) in [5.74, 6) is 2.26. The van der Waals surface area contributed by atoms with Gasteiger partial charge in [-0.1, -0.05) is 6.07 Å². The van der Waals surface area contributed by atoms with E-state index in [4.69, 9.17) is 9.47 Å². The summed E-state index contributed by atoms with van der Waals surface area (Å²) in [5.41, 5.74) is 1.12. The summed E-state index contributed by atoms with van der Waals surface area (Å²) in [7, 11) is 1.64. The predicted octanol–water partition coefficient (Wildman–Crippen LogP) is 3.77.